The van der Waals surface area contributed by atoms with E-state index in [9.17, 15) is 4.21 Å². The predicted molar refractivity (Wildman–Crippen MR) is 43.8 cm³/mol. The Bertz CT molecular complexity index is 231. The normalized spacial score (nSPS) is 13.6. The SMILES string of the molecule is CS(=O)c1cocc1I. The average molecular weight is 256 g/mol. The molecule has 0 aromatic carbocycles. The summed E-state index contributed by atoms with van der Waals surface area (Å²) in [7, 11) is -0.911. The zero-order chi connectivity index (χ0) is 6.85. The van der Waals surface area contributed by atoms with Crippen molar-refractivity contribution in [2.75, 3.05) is 6.26 Å². The van der Waals surface area contributed by atoms with Crippen LogP contribution in [-0.4, -0.2) is 10.5 Å². The van der Waals surface area contributed by atoms with E-state index >= 15 is 0 Å². The third-order valence-corrected chi connectivity index (χ3v) is 3.03. The van der Waals surface area contributed by atoms with Crippen molar-refractivity contribution in [2.45, 2.75) is 4.90 Å². The topological polar surface area (TPSA) is 30.2 Å². The summed E-state index contributed by atoms with van der Waals surface area (Å²) in [4.78, 5) is 0.774. The van der Waals surface area contributed by atoms with Crippen LogP contribution >= 0.6 is 22.6 Å². The van der Waals surface area contributed by atoms with Crippen molar-refractivity contribution in [1.82, 2.24) is 0 Å². The van der Waals surface area contributed by atoms with Crippen LogP contribution in [0, 0.1) is 3.57 Å². The molecule has 1 heterocycles. The maximum absolute atomic E-state index is 10.8. The van der Waals surface area contributed by atoms with Gasteiger partial charge < -0.3 is 4.42 Å². The Morgan fingerprint density at radius 2 is 2.33 bits per heavy atom. The Labute approximate surface area is 69.2 Å². The number of halogens is 1. The molecule has 0 N–H and O–H groups in total. The van der Waals surface area contributed by atoms with Crippen molar-refractivity contribution in [3.8, 4) is 0 Å². The van der Waals surface area contributed by atoms with Crippen LogP contribution in [0.5, 0.6) is 0 Å². The Morgan fingerprint density at radius 1 is 1.67 bits per heavy atom. The molecule has 0 aliphatic heterocycles. The second-order valence-corrected chi connectivity index (χ2v) is 4.05. The van der Waals surface area contributed by atoms with Gasteiger partial charge in [-0.15, -0.1) is 0 Å². The van der Waals surface area contributed by atoms with Gasteiger partial charge in [-0.1, -0.05) is 0 Å². The first kappa shape index (κ1) is 7.27. The minimum absolute atomic E-state index is 0.774. The van der Waals surface area contributed by atoms with E-state index in [0.29, 0.717) is 0 Å². The van der Waals surface area contributed by atoms with Crippen LogP contribution in [0.2, 0.25) is 0 Å². The fourth-order valence-corrected chi connectivity index (χ4v) is 2.19. The van der Waals surface area contributed by atoms with E-state index < -0.39 is 10.8 Å². The molecule has 0 saturated carbocycles. The standard InChI is InChI=1S/C5H5IO2S/c1-9(7)5-3-8-2-4(5)6/h2-3H,1H3. The molecule has 4 heteroatoms. The van der Waals surface area contributed by atoms with Gasteiger partial charge in [0.05, 0.1) is 19.3 Å². The molecule has 2 nitrogen and oxygen atoms in total. The summed E-state index contributed by atoms with van der Waals surface area (Å²) in [5.74, 6) is 0. The van der Waals surface area contributed by atoms with Crippen molar-refractivity contribution < 1.29 is 8.63 Å². The van der Waals surface area contributed by atoms with Gasteiger partial charge in [-0.25, -0.2) is 0 Å². The molecule has 0 aliphatic carbocycles. The molecule has 0 saturated heterocycles. The minimum atomic E-state index is -0.911. The van der Waals surface area contributed by atoms with Crippen molar-refractivity contribution in [2.24, 2.45) is 0 Å². The average Bonchev–Trinajstić information content (AvgIpc) is 2.13. The number of furan rings is 1. The third kappa shape index (κ3) is 1.54. The van der Waals surface area contributed by atoms with Crippen LogP contribution in [-0.2, 0) is 10.8 Å². The van der Waals surface area contributed by atoms with Gasteiger partial charge in [0.2, 0.25) is 0 Å². The van der Waals surface area contributed by atoms with Crippen molar-refractivity contribution in [1.29, 1.82) is 0 Å². The number of rotatable bonds is 1. The van der Waals surface area contributed by atoms with Gasteiger partial charge in [0, 0.05) is 6.26 Å². The minimum Gasteiger partial charge on any atom is -0.470 e. The molecule has 50 valence electrons. The summed E-state index contributed by atoms with van der Waals surface area (Å²) < 4.78 is 16.5. The smallest absolute Gasteiger partial charge is 0.107 e. The van der Waals surface area contributed by atoms with Crippen LogP contribution in [0.1, 0.15) is 0 Å². The lowest BCUT2D eigenvalue weighted by molar-refractivity contribution is 0.560. The Kier molecular flexibility index (Phi) is 2.29. The van der Waals surface area contributed by atoms with Gasteiger partial charge in [0.25, 0.3) is 0 Å². The summed E-state index contributed by atoms with van der Waals surface area (Å²) in [6.07, 6.45) is 4.72. The maximum atomic E-state index is 10.8. The van der Waals surface area contributed by atoms with E-state index in [1.165, 1.54) is 6.26 Å². The molecule has 0 amide bonds. The summed E-state index contributed by atoms with van der Waals surface area (Å²) >= 11 is 2.08. The first-order chi connectivity index (χ1) is 4.22. The number of hydrogen-bond donors (Lipinski definition) is 0. The lowest BCUT2D eigenvalue weighted by Crippen LogP contribution is -1.84. The molecule has 1 rings (SSSR count). The zero-order valence-electron chi connectivity index (χ0n) is 4.76. The third-order valence-electron chi connectivity index (χ3n) is 0.892. The van der Waals surface area contributed by atoms with Crippen LogP contribution < -0.4 is 0 Å². The predicted octanol–water partition coefficient (Wildman–Crippen LogP) is 1.62. The van der Waals surface area contributed by atoms with Gasteiger partial charge in [0.15, 0.2) is 0 Å². The van der Waals surface area contributed by atoms with E-state index in [2.05, 4.69) is 22.6 Å². The lowest BCUT2D eigenvalue weighted by atomic mass is 10.7. The molecule has 1 unspecified atom stereocenters. The van der Waals surface area contributed by atoms with Crippen LogP contribution in [0.15, 0.2) is 21.8 Å². The van der Waals surface area contributed by atoms with Crippen LogP contribution in [0.3, 0.4) is 0 Å². The van der Waals surface area contributed by atoms with Gasteiger partial charge >= 0.3 is 0 Å². The summed E-state index contributed by atoms with van der Waals surface area (Å²) in [5, 5.41) is 0. The fourth-order valence-electron chi connectivity index (χ4n) is 0.475. The molecule has 0 aliphatic rings. The second kappa shape index (κ2) is 2.83. The summed E-state index contributed by atoms with van der Waals surface area (Å²) in [5.41, 5.74) is 0. The maximum Gasteiger partial charge on any atom is 0.107 e. The molecule has 0 radical (unpaired) electrons. The fraction of sp³-hybridized carbons (Fsp3) is 0.200. The highest BCUT2D eigenvalue weighted by molar-refractivity contribution is 14.1. The quantitative estimate of drug-likeness (QED) is 0.715. The van der Waals surface area contributed by atoms with Crippen molar-refractivity contribution >= 4 is 33.4 Å². The highest BCUT2D eigenvalue weighted by atomic mass is 127. The molecular formula is C5H5IO2S. The van der Waals surface area contributed by atoms with Gasteiger partial charge in [-0.05, 0) is 22.6 Å². The first-order valence-electron chi connectivity index (χ1n) is 2.27. The van der Waals surface area contributed by atoms with E-state index in [4.69, 9.17) is 4.42 Å². The Morgan fingerprint density at radius 3 is 2.56 bits per heavy atom. The van der Waals surface area contributed by atoms with Crippen LogP contribution in [0.25, 0.3) is 0 Å². The van der Waals surface area contributed by atoms with E-state index in [1.807, 2.05) is 0 Å². The number of hydrogen-bond acceptors (Lipinski definition) is 2. The first-order valence-corrected chi connectivity index (χ1v) is 4.90. The summed E-state index contributed by atoms with van der Waals surface area (Å²) in [6, 6.07) is 0. The molecule has 0 spiro atoms. The molecular weight excluding hydrogens is 251 g/mol. The largest absolute Gasteiger partial charge is 0.470 e. The molecule has 0 fully saturated rings. The van der Waals surface area contributed by atoms with E-state index in [0.717, 1.165) is 8.47 Å². The zero-order valence-corrected chi connectivity index (χ0v) is 7.73. The Hall–Kier alpha value is 0.160. The highest BCUT2D eigenvalue weighted by Gasteiger charge is 2.03. The van der Waals surface area contributed by atoms with Crippen molar-refractivity contribution in [3.63, 3.8) is 0 Å². The molecule has 9 heavy (non-hydrogen) atoms. The van der Waals surface area contributed by atoms with Gasteiger partial charge in [0.1, 0.15) is 12.5 Å². The van der Waals surface area contributed by atoms with Crippen LogP contribution in [0.4, 0.5) is 0 Å². The van der Waals surface area contributed by atoms with Crippen molar-refractivity contribution in [3.05, 3.63) is 16.1 Å². The molecule has 0 bridgehead atoms. The highest BCUT2D eigenvalue weighted by Crippen LogP contribution is 2.15. The second-order valence-electron chi connectivity index (χ2n) is 1.54. The molecule has 1 aromatic rings. The molecule has 1 aromatic heterocycles. The van der Waals surface area contributed by atoms with Gasteiger partial charge in [-0.2, -0.15) is 0 Å². The monoisotopic (exact) mass is 256 g/mol. The lowest BCUT2D eigenvalue weighted by Gasteiger charge is -1.85. The van der Waals surface area contributed by atoms with E-state index in [-0.39, 0.29) is 0 Å². The van der Waals surface area contributed by atoms with E-state index in [1.54, 1.807) is 12.5 Å². The Balaban J connectivity index is 3.08. The van der Waals surface area contributed by atoms with Gasteiger partial charge in [-0.3, -0.25) is 4.21 Å². The molecule has 1 atom stereocenters. The summed E-state index contributed by atoms with van der Waals surface area (Å²) in [6.45, 7) is 0.